The fraction of sp³-hybridized carbons (Fsp3) is 0.333. The van der Waals surface area contributed by atoms with E-state index in [0.717, 1.165) is 45.6 Å². The highest BCUT2D eigenvalue weighted by Crippen LogP contribution is 2.28. The van der Waals surface area contributed by atoms with Gasteiger partial charge in [-0.15, -0.1) is 11.8 Å². The molecule has 0 amide bonds. The Balaban J connectivity index is 1.74. The van der Waals surface area contributed by atoms with E-state index < -0.39 is 0 Å². The largest absolute Gasteiger partial charge is 0.237 e. The molecular weight excluding hydrogens is 311 g/mol. The van der Waals surface area contributed by atoms with Crippen molar-refractivity contribution in [2.24, 2.45) is 0 Å². The molecule has 0 fully saturated rings. The Morgan fingerprint density at radius 3 is 2.55 bits per heavy atom. The molecule has 0 radical (unpaired) electrons. The van der Waals surface area contributed by atoms with Crippen LogP contribution in [0.25, 0.3) is 0 Å². The molecule has 0 aliphatic heterocycles. The standard InChI is InChI=1S/C15H14Cl2N2S/c16-10-5-7-11(8-6-10)20-9-14-18-13-4-2-1-3-12(13)15(17)19-14/h5-8H,1-4,9H2. The van der Waals surface area contributed by atoms with Gasteiger partial charge in [0.25, 0.3) is 0 Å². The van der Waals surface area contributed by atoms with E-state index in [2.05, 4.69) is 9.97 Å². The van der Waals surface area contributed by atoms with Crippen molar-refractivity contribution in [3.05, 3.63) is 51.5 Å². The van der Waals surface area contributed by atoms with E-state index in [0.29, 0.717) is 5.15 Å². The SMILES string of the molecule is Clc1ccc(SCc2nc(Cl)c3c(n2)CCCC3)cc1. The second kappa shape index (κ2) is 6.33. The van der Waals surface area contributed by atoms with Crippen LogP contribution in [-0.4, -0.2) is 9.97 Å². The minimum absolute atomic E-state index is 0.640. The van der Waals surface area contributed by atoms with Crippen LogP contribution in [0.3, 0.4) is 0 Å². The molecule has 1 aliphatic carbocycles. The number of nitrogens with zero attached hydrogens (tertiary/aromatic N) is 2. The Kier molecular flexibility index (Phi) is 4.49. The lowest BCUT2D eigenvalue weighted by Crippen LogP contribution is -2.10. The third kappa shape index (κ3) is 3.27. The van der Waals surface area contributed by atoms with Gasteiger partial charge in [0.2, 0.25) is 0 Å². The second-order valence-corrected chi connectivity index (χ2v) is 6.65. The van der Waals surface area contributed by atoms with Gasteiger partial charge in [-0.1, -0.05) is 23.2 Å². The molecule has 2 aromatic rings. The Bertz CT molecular complexity index is 614. The van der Waals surface area contributed by atoms with Crippen LogP contribution in [0.4, 0.5) is 0 Å². The van der Waals surface area contributed by atoms with Gasteiger partial charge in [0.1, 0.15) is 11.0 Å². The van der Waals surface area contributed by atoms with Gasteiger partial charge in [0.05, 0.1) is 5.75 Å². The Hall–Kier alpha value is -0.770. The number of aryl methyl sites for hydroxylation is 1. The van der Waals surface area contributed by atoms with Crippen molar-refractivity contribution in [1.82, 2.24) is 9.97 Å². The molecule has 20 heavy (non-hydrogen) atoms. The van der Waals surface area contributed by atoms with Gasteiger partial charge in [-0.05, 0) is 49.9 Å². The molecule has 1 aliphatic rings. The summed E-state index contributed by atoms with van der Waals surface area (Å²) in [5.74, 6) is 1.55. The van der Waals surface area contributed by atoms with Crippen molar-refractivity contribution in [2.45, 2.75) is 36.3 Å². The second-order valence-electron chi connectivity index (χ2n) is 4.81. The van der Waals surface area contributed by atoms with Crippen molar-refractivity contribution in [1.29, 1.82) is 0 Å². The average molecular weight is 325 g/mol. The molecule has 5 heteroatoms. The third-order valence-electron chi connectivity index (χ3n) is 3.36. The molecule has 0 saturated heterocycles. The van der Waals surface area contributed by atoms with E-state index >= 15 is 0 Å². The summed E-state index contributed by atoms with van der Waals surface area (Å²) in [7, 11) is 0. The van der Waals surface area contributed by atoms with Crippen molar-refractivity contribution < 1.29 is 0 Å². The van der Waals surface area contributed by atoms with E-state index in [1.165, 1.54) is 12.8 Å². The molecule has 3 rings (SSSR count). The number of fused-ring (bicyclic) bond motifs is 1. The van der Waals surface area contributed by atoms with Gasteiger partial charge in [0.15, 0.2) is 0 Å². The number of hydrogen-bond donors (Lipinski definition) is 0. The first kappa shape index (κ1) is 14.2. The molecule has 2 nitrogen and oxygen atoms in total. The van der Waals surface area contributed by atoms with Crippen LogP contribution in [0, 0.1) is 0 Å². The van der Waals surface area contributed by atoms with Crippen LogP contribution < -0.4 is 0 Å². The topological polar surface area (TPSA) is 25.8 Å². The van der Waals surface area contributed by atoms with Gasteiger partial charge in [-0.25, -0.2) is 9.97 Å². The highest BCUT2D eigenvalue weighted by Gasteiger charge is 2.16. The minimum atomic E-state index is 0.640. The third-order valence-corrected chi connectivity index (χ3v) is 4.93. The fourth-order valence-electron chi connectivity index (χ4n) is 2.34. The van der Waals surface area contributed by atoms with Crippen molar-refractivity contribution in [2.75, 3.05) is 0 Å². The number of halogens is 2. The van der Waals surface area contributed by atoms with Crippen LogP contribution in [0.15, 0.2) is 29.2 Å². The van der Waals surface area contributed by atoms with E-state index in [-0.39, 0.29) is 0 Å². The van der Waals surface area contributed by atoms with Gasteiger partial charge in [-0.3, -0.25) is 0 Å². The minimum Gasteiger partial charge on any atom is -0.237 e. The van der Waals surface area contributed by atoms with Crippen LogP contribution >= 0.6 is 35.0 Å². The lowest BCUT2D eigenvalue weighted by molar-refractivity contribution is 0.657. The normalized spacial score (nSPS) is 14.1. The molecule has 0 saturated carbocycles. The summed E-state index contributed by atoms with van der Waals surface area (Å²) in [5, 5.41) is 1.39. The maximum absolute atomic E-state index is 6.27. The van der Waals surface area contributed by atoms with Crippen LogP contribution in [0.5, 0.6) is 0 Å². The first-order chi connectivity index (χ1) is 9.72. The Labute approximate surface area is 132 Å². The lowest BCUT2D eigenvalue weighted by Gasteiger charge is -2.16. The average Bonchev–Trinajstić information content (AvgIpc) is 2.47. The Morgan fingerprint density at radius 1 is 1.00 bits per heavy atom. The highest BCUT2D eigenvalue weighted by molar-refractivity contribution is 7.98. The molecule has 104 valence electrons. The Morgan fingerprint density at radius 2 is 1.75 bits per heavy atom. The summed E-state index contributed by atoms with van der Waals surface area (Å²) >= 11 is 13.8. The number of aromatic nitrogens is 2. The first-order valence-electron chi connectivity index (χ1n) is 6.65. The van der Waals surface area contributed by atoms with E-state index in [9.17, 15) is 0 Å². The lowest BCUT2D eigenvalue weighted by atomic mass is 9.97. The van der Waals surface area contributed by atoms with E-state index in [4.69, 9.17) is 23.2 Å². The molecule has 1 heterocycles. The molecule has 0 unspecified atom stereocenters. The molecule has 0 atom stereocenters. The van der Waals surface area contributed by atoms with Crippen LogP contribution in [0.2, 0.25) is 10.2 Å². The fourth-order valence-corrected chi connectivity index (χ4v) is 3.52. The summed E-state index contributed by atoms with van der Waals surface area (Å²) in [4.78, 5) is 10.2. The monoisotopic (exact) mass is 324 g/mol. The van der Waals surface area contributed by atoms with E-state index in [1.54, 1.807) is 11.8 Å². The summed E-state index contributed by atoms with van der Waals surface area (Å²) in [6.45, 7) is 0. The summed E-state index contributed by atoms with van der Waals surface area (Å²) in [5.41, 5.74) is 2.29. The highest BCUT2D eigenvalue weighted by atomic mass is 35.5. The van der Waals surface area contributed by atoms with Gasteiger partial charge in [-0.2, -0.15) is 0 Å². The summed E-state index contributed by atoms with van der Waals surface area (Å²) in [6.07, 6.45) is 4.42. The molecule has 1 aromatic heterocycles. The zero-order chi connectivity index (χ0) is 13.9. The van der Waals surface area contributed by atoms with Gasteiger partial charge >= 0.3 is 0 Å². The maximum Gasteiger partial charge on any atom is 0.140 e. The first-order valence-corrected chi connectivity index (χ1v) is 8.39. The van der Waals surface area contributed by atoms with Gasteiger partial charge in [0, 0.05) is 21.2 Å². The van der Waals surface area contributed by atoms with Crippen molar-refractivity contribution in [3.63, 3.8) is 0 Å². The zero-order valence-corrected chi connectivity index (χ0v) is 13.2. The molecule has 0 N–H and O–H groups in total. The number of thioether (sulfide) groups is 1. The molecule has 0 spiro atoms. The van der Waals surface area contributed by atoms with Crippen LogP contribution in [0.1, 0.15) is 29.9 Å². The molecule has 1 aromatic carbocycles. The number of benzene rings is 1. The predicted octanol–water partition coefficient (Wildman–Crippen LogP) is 4.95. The number of rotatable bonds is 3. The quantitative estimate of drug-likeness (QED) is 0.589. The maximum atomic E-state index is 6.27. The predicted molar refractivity (Wildman–Crippen MR) is 84.7 cm³/mol. The smallest absolute Gasteiger partial charge is 0.140 e. The molecular formula is C15H14Cl2N2S. The summed E-state index contributed by atoms with van der Waals surface area (Å²) in [6, 6.07) is 7.80. The number of hydrogen-bond acceptors (Lipinski definition) is 3. The zero-order valence-electron chi connectivity index (χ0n) is 10.9. The van der Waals surface area contributed by atoms with E-state index in [1.807, 2.05) is 24.3 Å². The van der Waals surface area contributed by atoms with Crippen molar-refractivity contribution >= 4 is 35.0 Å². The van der Waals surface area contributed by atoms with Crippen LogP contribution in [-0.2, 0) is 18.6 Å². The molecule has 0 bridgehead atoms. The van der Waals surface area contributed by atoms with Crippen molar-refractivity contribution in [3.8, 4) is 0 Å². The van der Waals surface area contributed by atoms with Gasteiger partial charge < -0.3 is 0 Å². The summed E-state index contributed by atoms with van der Waals surface area (Å²) < 4.78 is 0.